The number of hydrogen-bond donors (Lipinski definition) is 0. The first kappa shape index (κ1) is 8.06. The summed E-state index contributed by atoms with van der Waals surface area (Å²) in [5, 5.41) is 0. The Kier molecular flexibility index (Phi) is 2.35. The third kappa shape index (κ3) is 3.89. The van der Waals surface area contributed by atoms with E-state index >= 15 is 0 Å². The van der Waals surface area contributed by atoms with Gasteiger partial charge in [-0.3, -0.25) is 0 Å². The van der Waals surface area contributed by atoms with Gasteiger partial charge in [0.15, 0.2) is 0 Å². The van der Waals surface area contributed by atoms with E-state index in [-0.39, 0.29) is 5.60 Å². The molecule has 0 aromatic heterocycles. The fraction of sp³-hybridized carbons (Fsp3) is 1.00. The molecule has 0 heterocycles. The van der Waals surface area contributed by atoms with Gasteiger partial charge in [-0.25, -0.2) is 0 Å². The van der Waals surface area contributed by atoms with Crippen LogP contribution in [0, 0.1) is 5.92 Å². The van der Waals surface area contributed by atoms with E-state index in [0.29, 0.717) is 0 Å². The molecule has 1 aliphatic rings. The van der Waals surface area contributed by atoms with Gasteiger partial charge in [-0.15, -0.1) is 0 Å². The molecule has 0 aliphatic heterocycles. The first-order valence-electron chi connectivity index (χ1n) is 4.22. The highest BCUT2D eigenvalue weighted by Crippen LogP contribution is 2.32. The van der Waals surface area contributed by atoms with Gasteiger partial charge in [-0.05, 0) is 33.1 Å². The minimum Gasteiger partial charge on any atom is -0.376 e. The second kappa shape index (κ2) is 2.91. The lowest BCUT2D eigenvalue weighted by atomic mass is 10.2. The van der Waals surface area contributed by atoms with Crippen molar-refractivity contribution in [2.45, 2.75) is 45.6 Å². The predicted molar refractivity (Wildman–Crippen MR) is 43.0 cm³/mol. The smallest absolute Gasteiger partial charge is 0.0598 e. The van der Waals surface area contributed by atoms with E-state index < -0.39 is 0 Å². The maximum absolute atomic E-state index is 5.58. The minimum absolute atomic E-state index is 0.0644. The summed E-state index contributed by atoms with van der Waals surface area (Å²) >= 11 is 0. The van der Waals surface area contributed by atoms with Crippen molar-refractivity contribution in [1.82, 2.24) is 0 Å². The zero-order chi connectivity index (χ0) is 7.61. The highest BCUT2D eigenvalue weighted by atomic mass is 16.5. The van der Waals surface area contributed by atoms with Crippen LogP contribution in [0.1, 0.15) is 40.0 Å². The van der Waals surface area contributed by atoms with E-state index in [1.807, 2.05) is 0 Å². The zero-order valence-electron chi connectivity index (χ0n) is 7.31. The first-order chi connectivity index (χ1) is 4.58. The molecule has 0 saturated heterocycles. The fourth-order valence-corrected chi connectivity index (χ4v) is 0.938. The molecule has 60 valence electrons. The van der Waals surface area contributed by atoms with Crippen molar-refractivity contribution < 1.29 is 4.74 Å². The summed E-state index contributed by atoms with van der Waals surface area (Å²) in [6.45, 7) is 7.29. The summed E-state index contributed by atoms with van der Waals surface area (Å²) in [4.78, 5) is 0. The molecular weight excluding hydrogens is 124 g/mol. The molecule has 0 amide bonds. The van der Waals surface area contributed by atoms with Gasteiger partial charge in [0.1, 0.15) is 0 Å². The lowest BCUT2D eigenvalue weighted by molar-refractivity contribution is -0.00572. The van der Waals surface area contributed by atoms with E-state index in [1.165, 1.54) is 19.3 Å². The summed E-state index contributed by atoms with van der Waals surface area (Å²) < 4.78 is 5.58. The van der Waals surface area contributed by atoms with E-state index in [0.717, 1.165) is 12.5 Å². The standard InChI is InChI=1S/C9H18O/c1-9(2,3)10-7-6-8-4-5-8/h8H,4-7H2,1-3H3. The van der Waals surface area contributed by atoms with Gasteiger partial charge in [0.05, 0.1) is 5.60 Å². The summed E-state index contributed by atoms with van der Waals surface area (Å²) in [6, 6.07) is 0. The SMILES string of the molecule is CC(C)(C)OCCC1CC1. The summed E-state index contributed by atoms with van der Waals surface area (Å²) in [5.74, 6) is 1.00. The fourth-order valence-electron chi connectivity index (χ4n) is 0.938. The maximum Gasteiger partial charge on any atom is 0.0598 e. The molecule has 1 heteroatoms. The van der Waals surface area contributed by atoms with Crippen LogP contribution in [0.15, 0.2) is 0 Å². The molecular formula is C9H18O. The highest BCUT2D eigenvalue weighted by molar-refractivity contribution is 4.73. The average Bonchev–Trinajstić information content (AvgIpc) is 2.45. The van der Waals surface area contributed by atoms with Crippen LogP contribution < -0.4 is 0 Å². The van der Waals surface area contributed by atoms with Gasteiger partial charge >= 0.3 is 0 Å². The third-order valence-electron chi connectivity index (χ3n) is 1.76. The second-order valence-corrected chi connectivity index (χ2v) is 4.19. The van der Waals surface area contributed by atoms with E-state index in [1.54, 1.807) is 0 Å². The van der Waals surface area contributed by atoms with Gasteiger partial charge in [0.25, 0.3) is 0 Å². The van der Waals surface area contributed by atoms with Crippen molar-refractivity contribution in [3.63, 3.8) is 0 Å². The van der Waals surface area contributed by atoms with Crippen LogP contribution in [0.4, 0.5) is 0 Å². The van der Waals surface area contributed by atoms with Crippen LogP contribution in [-0.2, 0) is 4.74 Å². The summed E-state index contributed by atoms with van der Waals surface area (Å²) in [7, 11) is 0. The quantitative estimate of drug-likeness (QED) is 0.588. The third-order valence-corrected chi connectivity index (χ3v) is 1.76. The molecule has 1 nitrogen and oxygen atoms in total. The maximum atomic E-state index is 5.58. The molecule has 0 unspecified atom stereocenters. The average molecular weight is 142 g/mol. The monoisotopic (exact) mass is 142 g/mol. The van der Waals surface area contributed by atoms with Gasteiger partial charge in [0.2, 0.25) is 0 Å². The van der Waals surface area contributed by atoms with E-state index in [2.05, 4.69) is 20.8 Å². The van der Waals surface area contributed by atoms with Crippen LogP contribution in [0.5, 0.6) is 0 Å². The molecule has 10 heavy (non-hydrogen) atoms. The van der Waals surface area contributed by atoms with Crippen molar-refractivity contribution in [3.8, 4) is 0 Å². The summed E-state index contributed by atoms with van der Waals surface area (Å²) in [6.07, 6.45) is 4.15. The van der Waals surface area contributed by atoms with Crippen molar-refractivity contribution in [1.29, 1.82) is 0 Å². The molecule has 1 aliphatic carbocycles. The van der Waals surface area contributed by atoms with Gasteiger partial charge < -0.3 is 4.74 Å². The Bertz CT molecular complexity index is 97.8. The van der Waals surface area contributed by atoms with Crippen LogP contribution in [0.3, 0.4) is 0 Å². The molecule has 1 fully saturated rings. The Labute approximate surface area is 63.8 Å². The largest absolute Gasteiger partial charge is 0.376 e. The Morgan fingerprint density at radius 3 is 2.30 bits per heavy atom. The molecule has 0 atom stereocenters. The second-order valence-electron chi connectivity index (χ2n) is 4.19. The van der Waals surface area contributed by atoms with Crippen molar-refractivity contribution in [2.24, 2.45) is 5.92 Å². The molecule has 1 rings (SSSR count). The summed E-state index contributed by atoms with van der Waals surface area (Å²) in [5.41, 5.74) is 0.0644. The van der Waals surface area contributed by atoms with Crippen molar-refractivity contribution in [2.75, 3.05) is 6.61 Å². The molecule has 0 aromatic rings. The van der Waals surface area contributed by atoms with Crippen molar-refractivity contribution in [3.05, 3.63) is 0 Å². The normalized spacial score (nSPS) is 19.5. The van der Waals surface area contributed by atoms with Crippen LogP contribution >= 0.6 is 0 Å². The van der Waals surface area contributed by atoms with Crippen LogP contribution in [0.2, 0.25) is 0 Å². The number of hydrogen-bond acceptors (Lipinski definition) is 1. The Hall–Kier alpha value is -0.0400. The Morgan fingerprint density at radius 1 is 1.30 bits per heavy atom. The molecule has 0 radical (unpaired) electrons. The van der Waals surface area contributed by atoms with E-state index in [9.17, 15) is 0 Å². The Morgan fingerprint density at radius 2 is 1.90 bits per heavy atom. The molecule has 0 spiro atoms. The first-order valence-corrected chi connectivity index (χ1v) is 4.22. The van der Waals surface area contributed by atoms with Gasteiger partial charge in [-0.2, -0.15) is 0 Å². The van der Waals surface area contributed by atoms with Gasteiger partial charge in [-0.1, -0.05) is 12.8 Å². The molecule has 0 bridgehead atoms. The molecule has 0 aromatic carbocycles. The van der Waals surface area contributed by atoms with Gasteiger partial charge in [0, 0.05) is 6.61 Å². The molecule has 1 saturated carbocycles. The van der Waals surface area contributed by atoms with Crippen LogP contribution in [-0.4, -0.2) is 12.2 Å². The van der Waals surface area contributed by atoms with E-state index in [4.69, 9.17) is 4.74 Å². The predicted octanol–water partition coefficient (Wildman–Crippen LogP) is 2.60. The number of ether oxygens (including phenoxy) is 1. The number of rotatable bonds is 3. The molecule has 0 N–H and O–H groups in total. The lowest BCUT2D eigenvalue weighted by Gasteiger charge is -2.19. The van der Waals surface area contributed by atoms with Crippen LogP contribution in [0.25, 0.3) is 0 Å². The zero-order valence-corrected chi connectivity index (χ0v) is 7.31. The topological polar surface area (TPSA) is 9.23 Å². The lowest BCUT2D eigenvalue weighted by Crippen LogP contribution is -2.19. The van der Waals surface area contributed by atoms with Crippen molar-refractivity contribution >= 4 is 0 Å². The minimum atomic E-state index is 0.0644. The Balaban J connectivity index is 1.93. The highest BCUT2D eigenvalue weighted by Gasteiger charge is 2.21.